The normalized spacial score (nSPS) is 11.1. The minimum absolute atomic E-state index is 0.102. The summed E-state index contributed by atoms with van der Waals surface area (Å²) >= 11 is 0. The third-order valence-electron chi connectivity index (χ3n) is 3.93. The Bertz CT molecular complexity index is 898. The lowest BCUT2D eigenvalue weighted by molar-refractivity contribution is -0.115. The number of fused-ring (bicyclic) bond motifs is 1. The van der Waals surface area contributed by atoms with Gasteiger partial charge in [0.15, 0.2) is 0 Å². The van der Waals surface area contributed by atoms with Crippen LogP contribution in [-0.2, 0) is 11.2 Å². The van der Waals surface area contributed by atoms with Crippen molar-refractivity contribution in [3.05, 3.63) is 59.5 Å². The fraction of sp³-hybridized carbons (Fsp3) is 0.250. The maximum Gasteiger partial charge on any atom is 0.228 e. The highest BCUT2D eigenvalue weighted by Crippen LogP contribution is 2.24. The SMILES string of the molecule is Cc1[nH]c2ccc(F)cc2c1CC(=O)Nc1ccc(OC(C)C)cc1. The second kappa shape index (κ2) is 6.97. The van der Waals surface area contributed by atoms with E-state index in [0.29, 0.717) is 5.69 Å². The van der Waals surface area contributed by atoms with E-state index in [1.807, 2.05) is 32.9 Å². The number of anilines is 1. The molecule has 0 aliphatic carbocycles. The van der Waals surface area contributed by atoms with Crippen LogP contribution in [0.15, 0.2) is 42.5 Å². The Morgan fingerprint density at radius 2 is 1.92 bits per heavy atom. The molecule has 25 heavy (non-hydrogen) atoms. The van der Waals surface area contributed by atoms with Crippen LogP contribution in [0.3, 0.4) is 0 Å². The highest BCUT2D eigenvalue weighted by Gasteiger charge is 2.13. The number of hydrogen-bond acceptors (Lipinski definition) is 2. The molecule has 2 N–H and O–H groups in total. The number of aromatic amines is 1. The van der Waals surface area contributed by atoms with Crippen molar-refractivity contribution in [2.75, 3.05) is 5.32 Å². The van der Waals surface area contributed by atoms with Crippen LogP contribution in [0.2, 0.25) is 0 Å². The lowest BCUT2D eigenvalue weighted by Crippen LogP contribution is -2.14. The molecule has 3 rings (SSSR count). The molecule has 4 nitrogen and oxygen atoms in total. The molecule has 0 bridgehead atoms. The summed E-state index contributed by atoms with van der Waals surface area (Å²) in [6.07, 6.45) is 0.283. The van der Waals surface area contributed by atoms with Crippen molar-refractivity contribution in [2.45, 2.75) is 33.3 Å². The first-order valence-electron chi connectivity index (χ1n) is 8.25. The maximum atomic E-state index is 13.5. The number of H-pyrrole nitrogens is 1. The fourth-order valence-corrected chi connectivity index (χ4v) is 2.84. The second-order valence-electron chi connectivity index (χ2n) is 6.33. The molecule has 3 aromatic rings. The first-order valence-corrected chi connectivity index (χ1v) is 8.25. The lowest BCUT2D eigenvalue weighted by atomic mass is 10.1. The molecule has 2 aromatic carbocycles. The number of rotatable bonds is 5. The van der Waals surface area contributed by atoms with E-state index in [1.165, 1.54) is 12.1 Å². The number of ether oxygens (including phenoxy) is 1. The molecule has 0 unspecified atom stereocenters. The lowest BCUT2D eigenvalue weighted by Gasteiger charge is -2.10. The zero-order valence-electron chi connectivity index (χ0n) is 14.5. The van der Waals surface area contributed by atoms with Crippen LogP contribution in [-0.4, -0.2) is 17.0 Å². The van der Waals surface area contributed by atoms with E-state index in [9.17, 15) is 9.18 Å². The van der Waals surface area contributed by atoms with E-state index in [2.05, 4.69) is 10.3 Å². The summed E-state index contributed by atoms with van der Waals surface area (Å²) in [7, 11) is 0. The molecule has 1 aromatic heterocycles. The second-order valence-corrected chi connectivity index (χ2v) is 6.33. The molecule has 0 fully saturated rings. The molecule has 0 saturated carbocycles. The van der Waals surface area contributed by atoms with Crippen LogP contribution in [0.25, 0.3) is 10.9 Å². The topological polar surface area (TPSA) is 54.1 Å². The minimum Gasteiger partial charge on any atom is -0.491 e. The summed E-state index contributed by atoms with van der Waals surface area (Å²) in [5.74, 6) is 0.302. The van der Waals surface area contributed by atoms with Gasteiger partial charge in [-0.2, -0.15) is 0 Å². The first-order chi connectivity index (χ1) is 11.9. The van der Waals surface area contributed by atoms with Crippen molar-refractivity contribution in [3.8, 4) is 5.75 Å². The number of aromatic nitrogens is 1. The molecular weight excluding hydrogens is 319 g/mol. The number of hydrogen-bond donors (Lipinski definition) is 2. The van der Waals surface area contributed by atoms with E-state index in [1.54, 1.807) is 18.2 Å². The highest BCUT2D eigenvalue weighted by molar-refractivity contribution is 5.96. The van der Waals surface area contributed by atoms with Gasteiger partial charge >= 0.3 is 0 Å². The summed E-state index contributed by atoms with van der Waals surface area (Å²) in [5.41, 5.74) is 3.21. The largest absolute Gasteiger partial charge is 0.491 e. The standard InChI is InChI=1S/C20H21FN2O2/c1-12(2)25-16-7-5-15(6-8-16)23-20(24)11-17-13(3)22-19-9-4-14(21)10-18(17)19/h4-10,12,22H,11H2,1-3H3,(H,23,24). The van der Waals surface area contributed by atoms with Crippen molar-refractivity contribution in [3.63, 3.8) is 0 Å². The number of amides is 1. The maximum absolute atomic E-state index is 13.5. The summed E-state index contributed by atoms with van der Waals surface area (Å²) in [6.45, 7) is 5.81. The van der Waals surface area contributed by atoms with Crippen LogP contribution in [0.1, 0.15) is 25.1 Å². The van der Waals surface area contributed by atoms with E-state index < -0.39 is 0 Å². The van der Waals surface area contributed by atoms with Gasteiger partial charge in [0.2, 0.25) is 5.91 Å². The van der Waals surface area contributed by atoms with Crippen molar-refractivity contribution in [2.24, 2.45) is 0 Å². The van der Waals surface area contributed by atoms with E-state index >= 15 is 0 Å². The first kappa shape index (κ1) is 17.0. The summed E-state index contributed by atoms with van der Waals surface area (Å²) in [4.78, 5) is 15.6. The monoisotopic (exact) mass is 340 g/mol. The molecule has 0 saturated heterocycles. The summed E-state index contributed by atoms with van der Waals surface area (Å²) in [6, 6.07) is 11.8. The molecule has 130 valence electrons. The molecule has 5 heteroatoms. The quantitative estimate of drug-likeness (QED) is 0.714. The number of carbonyl (C=O) groups excluding carboxylic acids is 1. The molecule has 1 heterocycles. The van der Waals surface area contributed by atoms with Crippen LogP contribution >= 0.6 is 0 Å². The van der Waals surface area contributed by atoms with Gasteiger partial charge in [0.1, 0.15) is 11.6 Å². The molecule has 0 aliphatic heterocycles. The van der Waals surface area contributed by atoms with Gasteiger partial charge in [0.05, 0.1) is 12.5 Å². The molecule has 0 atom stereocenters. The third kappa shape index (κ3) is 3.99. The Morgan fingerprint density at radius 3 is 2.60 bits per heavy atom. The molecular formula is C20H21FN2O2. The van der Waals surface area contributed by atoms with Crippen molar-refractivity contribution < 1.29 is 13.9 Å². The van der Waals surface area contributed by atoms with Crippen molar-refractivity contribution in [1.82, 2.24) is 4.98 Å². The molecule has 0 radical (unpaired) electrons. The number of nitrogens with one attached hydrogen (secondary N) is 2. The van der Waals surface area contributed by atoms with Crippen molar-refractivity contribution in [1.29, 1.82) is 0 Å². The summed E-state index contributed by atoms with van der Waals surface area (Å²) < 4.78 is 19.1. The molecule has 0 aliphatic rings. The average molecular weight is 340 g/mol. The van der Waals surface area contributed by atoms with Gasteiger partial charge in [-0.05, 0) is 68.8 Å². The molecule has 1 amide bonds. The van der Waals surface area contributed by atoms with Crippen molar-refractivity contribution >= 4 is 22.5 Å². The highest BCUT2D eigenvalue weighted by atomic mass is 19.1. The average Bonchev–Trinajstić information content (AvgIpc) is 2.84. The van der Waals surface area contributed by atoms with Gasteiger partial charge in [-0.1, -0.05) is 0 Å². The summed E-state index contributed by atoms with van der Waals surface area (Å²) in [5, 5.41) is 3.61. The predicted molar refractivity (Wildman–Crippen MR) is 97.5 cm³/mol. The van der Waals surface area contributed by atoms with Gasteiger partial charge in [-0.25, -0.2) is 4.39 Å². The van der Waals surface area contributed by atoms with Crippen LogP contribution in [0.4, 0.5) is 10.1 Å². The van der Waals surface area contributed by atoms with E-state index in [0.717, 1.165) is 27.9 Å². The number of benzene rings is 2. The number of aryl methyl sites for hydroxylation is 1. The van der Waals surface area contributed by atoms with Gasteiger partial charge in [-0.3, -0.25) is 4.79 Å². The Hall–Kier alpha value is -2.82. The third-order valence-corrected chi connectivity index (χ3v) is 3.93. The van der Waals surface area contributed by atoms with Gasteiger partial charge < -0.3 is 15.0 Å². The zero-order chi connectivity index (χ0) is 18.0. The predicted octanol–water partition coefficient (Wildman–Crippen LogP) is 4.58. The zero-order valence-corrected chi connectivity index (χ0v) is 14.5. The molecule has 0 spiro atoms. The minimum atomic E-state index is -0.311. The van der Waals surface area contributed by atoms with E-state index in [4.69, 9.17) is 4.74 Å². The Morgan fingerprint density at radius 1 is 1.20 bits per heavy atom. The number of halogens is 1. The van der Waals surface area contributed by atoms with Crippen LogP contribution in [0, 0.1) is 12.7 Å². The number of carbonyl (C=O) groups is 1. The van der Waals surface area contributed by atoms with Crippen LogP contribution in [0.5, 0.6) is 5.75 Å². The fourth-order valence-electron chi connectivity index (χ4n) is 2.84. The Kier molecular flexibility index (Phi) is 4.74. The van der Waals surface area contributed by atoms with Gasteiger partial charge in [0.25, 0.3) is 0 Å². The Balaban J connectivity index is 1.72. The Labute approximate surface area is 146 Å². The van der Waals surface area contributed by atoms with Crippen LogP contribution < -0.4 is 10.1 Å². The smallest absolute Gasteiger partial charge is 0.228 e. The van der Waals surface area contributed by atoms with Gasteiger partial charge in [0, 0.05) is 22.3 Å². The van der Waals surface area contributed by atoms with E-state index in [-0.39, 0.29) is 24.2 Å². The van der Waals surface area contributed by atoms with Gasteiger partial charge in [-0.15, -0.1) is 0 Å².